The summed E-state index contributed by atoms with van der Waals surface area (Å²) < 4.78 is 7.00. The maximum absolute atomic E-state index is 11.6. The maximum Gasteiger partial charge on any atom is 0.312 e. The van der Waals surface area contributed by atoms with Crippen LogP contribution in [0.2, 0.25) is 0 Å². The number of nitrogens with zero attached hydrogens (tertiary/aromatic N) is 3. The summed E-state index contributed by atoms with van der Waals surface area (Å²) in [5.41, 5.74) is 0.277. The van der Waals surface area contributed by atoms with Crippen LogP contribution in [-0.2, 0) is 16.3 Å². The lowest BCUT2D eigenvalue weighted by molar-refractivity contribution is -0.156. The van der Waals surface area contributed by atoms with Crippen LogP contribution in [0.15, 0.2) is 24.8 Å². The molecule has 0 spiro atoms. The highest BCUT2D eigenvalue weighted by atomic mass is 16.5. The molecule has 2 rings (SSSR count). The van der Waals surface area contributed by atoms with E-state index in [1.54, 1.807) is 10.8 Å². The van der Waals surface area contributed by atoms with Crippen LogP contribution < -0.4 is 0 Å². The molecule has 0 atom stereocenters. The fourth-order valence-electron chi connectivity index (χ4n) is 1.38. The lowest BCUT2D eigenvalue weighted by Gasteiger charge is -2.16. The van der Waals surface area contributed by atoms with Crippen molar-refractivity contribution in [1.82, 2.24) is 14.5 Å². The number of hydrogen-bond donors (Lipinski definition) is 0. The number of rotatable bonds is 2. The molecule has 0 fully saturated rings. The Labute approximate surface area is 99.4 Å². The lowest BCUT2D eigenvalue weighted by Crippen LogP contribution is -2.23. The molecule has 0 saturated carbocycles. The number of aromatic nitrogens is 3. The SMILES string of the molecule is CC(C)(C)C(=O)OCn1ccc2cncnc21. The third-order valence-electron chi connectivity index (χ3n) is 2.37. The van der Waals surface area contributed by atoms with E-state index < -0.39 is 5.41 Å². The number of esters is 1. The monoisotopic (exact) mass is 233 g/mol. The molecular formula is C12H15N3O2. The van der Waals surface area contributed by atoms with Gasteiger partial charge in [-0.05, 0) is 26.8 Å². The van der Waals surface area contributed by atoms with Crippen LogP contribution >= 0.6 is 0 Å². The average Bonchev–Trinajstić information content (AvgIpc) is 2.68. The van der Waals surface area contributed by atoms with E-state index in [9.17, 15) is 4.79 Å². The van der Waals surface area contributed by atoms with Gasteiger partial charge in [-0.15, -0.1) is 0 Å². The fourth-order valence-corrected chi connectivity index (χ4v) is 1.38. The summed E-state index contributed by atoms with van der Waals surface area (Å²) in [6.07, 6.45) is 5.03. The molecule has 0 aliphatic heterocycles. The van der Waals surface area contributed by atoms with Crippen LogP contribution in [0, 0.1) is 5.41 Å². The molecule has 90 valence electrons. The summed E-state index contributed by atoms with van der Waals surface area (Å²) in [6, 6.07) is 1.89. The summed E-state index contributed by atoms with van der Waals surface area (Å²) in [6.45, 7) is 5.65. The van der Waals surface area contributed by atoms with Gasteiger partial charge >= 0.3 is 5.97 Å². The van der Waals surface area contributed by atoms with Gasteiger partial charge in [0.1, 0.15) is 12.0 Å². The van der Waals surface area contributed by atoms with E-state index in [-0.39, 0.29) is 12.7 Å². The molecular weight excluding hydrogens is 218 g/mol. The second-order valence-electron chi connectivity index (χ2n) is 4.90. The molecule has 2 aromatic heterocycles. The van der Waals surface area contributed by atoms with Crippen LogP contribution in [0.5, 0.6) is 0 Å². The van der Waals surface area contributed by atoms with Crippen molar-refractivity contribution in [2.24, 2.45) is 5.41 Å². The Morgan fingerprint density at radius 3 is 2.94 bits per heavy atom. The zero-order valence-electron chi connectivity index (χ0n) is 10.2. The largest absolute Gasteiger partial charge is 0.443 e. The Morgan fingerprint density at radius 1 is 1.47 bits per heavy atom. The first kappa shape index (κ1) is 11.6. The van der Waals surface area contributed by atoms with Crippen molar-refractivity contribution in [2.45, 2.75) is 27.5 Å². The van der Waals surface area contributed by atoms with Crippen molar-refractivity contribution < 1.29 is 9.53 Å². The Morgan fingerprint density at radius 2 is 2.24 bits per heavy atom. The highest BCUT2D eigenvalue weighted by molar-refractivity contribution is 5.76. The molecule has 2 heterocycles. The Hall–Kier alpha value is -1.91. The normalized spacial score (nSPS) is 11.7. The van der Waals surface area contributed by atoms with Gasteiger partial charge in [-0.2, -0.15) is 0 Å². The van der Waals surface area contributed by atoms with Crippen LogP contribution in [-0.4, -0.2) is 20.5 Å². The first-order valence-electron chi connectivity index (χ1n) is 5.40. The molecule has 0 aromatic carbocycles. The van der Waals surface area contributed by atoms with E-state index in [1.807, 2.05) is 33.0 Å². The van der Waals surface area contributed by atoms with Gasteiger partial charge in [0.2, 0.25) is 0 Å². The molecule has 5 nitrogen and oxygen atoms in total. The van der Waals surface area contributed by atoms with Gasteiger partial charge in [-0.25, -0.2) is 9.97 Å². The highest BCUT2D eigenvalue weighted by Gasteiger charge is 2.23. The van der Waals surface area contributed by atoms with Crippen LogP contribution in [0.4, 0.5) is 0 Å². The predicted octanol–water partition coefficient (Wildman–Crippen LogP) is 1.98. The third-order valence-corrected chi connectivity index (χ3v) is 2.37. The second kappa shape index (κ2) is 4.16. The van der Waals surface area contributed by atoms with Gasteiger partial charge in [0.25, 0.3) is 0 Å². The number of carbonyl (C=O) groups is 1. The van der Waals surface area contributed by atoms with Gasteiger partial charge < -0.3 is 4.74 Å². The summed E-state index contributed by atoms with van der Waals surface area (Å²) in [4.78, 5) is 19.7. The zero-order chi connectivity index (χ0) is 12.5. The minimum Gasteiger partial charge on any atom is -0.443 e. The first-order chi connectivity index (χ1) is 7.98. The summed E-state index contributed by atoms with van der Waals surface area (Å²) >= 11 is 0. The predicted molar refractivity (Wildman–Crippen MR) is 63.1 cm³/mol. The van der Waals surface area contributed by atoms with Gasteiger partial charge in [-0.3, -0.25) is 9.36 Å². The number of hydrogen-bond acceptors (Lipinski definition) is 4. The quantitative estimate of drug-likeness (QED) is 0.744. The van der Waals surface area contributed by atoms with Gasteiger partial charge in [0.15, 0.2) is 6.73 Å². The van der Waals surface area contributed by atoms with E-state index >= 15 is 0 Å². The molecule has 0 aliphatic carbocycles. The average molecular weight is 233 g/mol. The summed E-state index contributed by atoms with van der Waals surface area (Å²) in [7, 11) is 0. The smallest absolute Gasteiger partial charge is 0.312 e. The molecule has 0 N–H and O–H groups in total. The number of fused-ring (bicyclic) bond motifs is 1. The van der Waals surface area contributed by atoms with E-state index in [1.165, 1.54) is 6.33 Å². The van der Waals surface area contributed by atoms with Crippen molar-refractivity contribution in [3.63, 3.8) is 0 Å². The van der Waals surface area contributed by atoms with Crippen molar-refractivity contribution in [2.75, 3.05) is 0 Å². The molecule has 0 radical (unpaired) electrons. The fraction of sp³-hybridized carbons (Fsp3) is 0.417. The van der Waals surface area contributed by atoms with Crippen LogP contribution in [0.1, 0.15) is 20.8 Å². The lowest BCUT2D eigenvalue weighted by atomic mass is 9.98. The van der Waals surface area contributed by atoms with E-state index in [2.05, 4.69) is 9.97 Å². The molecule has 0 amide bonds. The topological polar surface area (TPSA) is 57.0 Å². The summed E-state index contributed by atoms with van der Waals surface area (Å²) in [5, 5.41) is 0.930. The van der Waals surface area contributed by atoms with Crippen molar-refractivity contribution in [3.05, 3.63) is 24.8 Å². The molecule has 0 bridgehead atoms. The standard InChI is InChI=1S/C12H15N3O2/c1-12(2,3)11(16)17-8-15-5-4-9-6-13-7-14-10(9)15/h4-7H,8H2,1-3H3. The molecule has 0 saturated heterocycles. The molecule has 2 aromatic rings. The van der Waals surface area contributed by atoms with Crippen molar-refractivity contribution in [3.8, 4) is 0 Å². The number of ether oxygens (including phenoxy) is 1. The molecule has 17 heavy (non-hydrogen) atoms. The van der Waals surface area contributed by atoms with Crippen LogP contribution in [0.3, 0.4) is 0 Å². The molecule has 0 unspecified atom stereocenters. The van der Waals surface area contributed by atoms with Gasteiger partial charge in [0, 0.05) is 17.8 Å². The van der Waals surface area contributed by atoms with Gasteiger partial charge in [0.05, 0.1) is 5.41 Å². The van der Waals surface area contributed by atoms with E-state index in [0.29, 0.717) is 0 Å². The number of carbonyl (C=O) groups excluding carboxylic acids is 1. The Balaban J connectivity index is 2.12. The van der Waals surface area contributed by atoms with E-state index in [0.717, 1.165) is 11.0 Å². The zero-order valence-corrected chi connectivity index (χ0v) is 10.2. The van der Waals surface area contributed by atoms with E-state index in [4.69, 9.17) is 4.74 Å². The molecule has 0 aliphatic rings. The summed E-state index contributed by atoms with van der Waals surface area (Å²) in [5.74, 6) is -0.228. The minimum absolute atomic E-state index is 0.177. The minimum atomic E-state index is -0.488. The van der Waals surface area contributed by atoms with Crippen LogP contribution in [0.25, 0.3) is 11.0 Å². The maximum atomic E-state index is 11.6. The third kappa shape index (κ3) is 2.43. The van der Waals surface area contributed by atoms with Crippen molar-refractivity contribution >= 4 is 17.0 Å². The van der Waals surface area contributed by atoms with Gasteiger partial charge in [-0.1, -0.05) is 0 Å². The Bertz CT molecular complexity index is 540. The van der Waals surface area contributed by atoms with Crippen molar-refractivity contribution in [1.29, 1.82) is 0 Å². The Kier molecular flexibility index (Phi) is 2.83. The first-order valence-corrected chi connectivity index (χ1v) is 5.40. The highest BCUT2D eigenvalue weighted by Crippen LogP contribution is 2.16. The second-order valence-corrected chi connectivity index (χ2v) is 4.90. The molecule has 5 heteroatoms.